The van der Waals surface area contributed by atoms with Crippen molar-refractivity contribution < 1.29 is 9.18 Å². The van der Waals surface area contributed by atoms with Crippen LogP contribution in [-0.2, 0) is 6.42 Å². The van der Waals surface area contributed by atoms with Crippen LogP contribution >= 0.6 is 0 Å². The molecule has 0 bridgehead atoms. The van der Waals surface area contributed by atoms with Crippen molar-refractivity contribution in [2.75, 3.05) is 19.6 Å². The van der Waals surface area contributed by atoms with Gasteiger partial charge in [-0.05, 0) is 48.2 Å². The van der Waals surface area contributed by atoms with Gasteiger partial charge in [-0.15, -0.1) is 0 Å². The lowest BCUT2D eigenvalue weighted by Crippen LogP contribution is -2.49. The number of nitrogens with zero attached hydrogens (tertiary/aromatic N) is 1. The van der Waals surface area contributed by atoms with E-state index in [-0.39, 0.29) is 23.9 Å². The van der Waals surface area contributed by atoms with Crippen molar-refractivity contribution in [3.05, 3.63) is 71.0 Å². The van der Waals surface area contributed by atoms with E-state index in [9.17, 15) is 9.18 Å². The molecule has 2 aliphatic heterocycles. The zero-order valence-electron chi connectivity index (χ0n) is 14.0. The largest absolute Gasteiger partial charge is 0.334 e. The first kappa shape index (κ1) is 16.1. The highest BCUT2D eigenvalue weighted by Crippen LogP contribution is 2.35. The molecule has 0 unspecified atom stereocenters. The molecule has 1 fully saturated rings. The quantitative estimate of drug-likeness (QED) is 0.884. The van der Waals surface area contributed by atoms with E-state index in [2.05, 4.69) is 22.8 Å². The number of benzene rings is 2. The van der Waals surface area contributed by atoms with Crippen molar-refractivity contribution in [3.63, 3.8) is 0 Å². The normalized spacial score (nSPS) is 22.5. The summed E-state index contributed by atoms with van der Waals surface area (Å²) < 4.78 is 13.4. The zero-order chi connectivity index (χ0) is 17.2. The summed E-state index contributed by atoms with van der Waals surface area (Å²) in [5.74, 6) is -0.263. The number of carbonyl (C=O) groups excluding carboxylic acids is 1. The molecule has 2 atom stereocenters. The van der Waals surface area contributed by atoms with Gasteiger partial charge in [0.2, 0.25) is 0 Å². The smallest absolute Gasteiger partial charge is 0.318 e. The molecule has 2 heterocycles. The van der Waals surface area contributed by atoms with Crippen LogP contribution in [0.4, 0.5) is 9.18 Å². The van der Waals surface area contributed by atoms with Crippen LogP contribution in [0.1, 0.15) is 29.2 Å². The summed E-state index contributed by atoms with van der Waals surface area (Å²) >= 11 is 0. The summed E-state index contributed by atoms with van der Waals surface area (Å²) in [5, 5.41) is 6.41. The van der Waals surface area contributed by atoms with Crippen molar-refractivity contribution in [1.82, 2.24) is 15.5 Å². The monoisotopic (exact) mass is 339 g/mol. The maximum absolute atomic E-state index is 13.4. The van der Waals surface area contributed by atoms with E-state index < -0.39 is 0 Å². The van der Waals surface area contributed by atoms with Crippen LogP contribution < -0.4 is 10.6 Å². The maximum Gasteiger partial charge on any atom is 0.318 e. The van der Waals surface area contributed by atoms with Crippen LogP contribution in [0.5, 0.6) is 0 Å². The van der Waals surface area contributed by atoms with Gasteiger partial charge in [-0.25, -0.2) is 9.18 Å². The van der Waals surface area contributed by atoms with Gasteiger partial charge in [-0.1, -0.05) is 36.4 Å². The van der Waals surface area contributed by atoms with Crippen molar-refractivity contribution in [2.24, 2.45) is 0 Å². The Balaban J connectivity index is 1.67. The number of halogens is 1. The van der Waals surface area contributed by atoms with Gasteiger partial charge in [-0.3, -0.25) is 0 Å². The van der Waals surface area contributed by atoms with E-state index in [1.54, 1.807) is 12.1 Å². The summed E-state index contributed by atoms with van der Waals surface area (Å²) in [6.45, 7) is 2.41. The molecule has 130 valence electrons. The van der Waals surface area contributed by atoms with Crippen molar-refractivity contribution >= 4 is 6.03 Å². The first-order valence-corrected chi connectivity index (χ1v) is 8.83. The van der Waals surface area contributed by atoms with Gasteiger partial charge >= 0.3 is 6.03 Å². The molecule has 4 nitrogen and oxygen atoms in total. The Hall–Kier alpha value is -2.40. The molecule has 4 rings (SSSR count). The van der Waals surface area contributed by atoms with Crippen LogP contribution in [-0.4, -0.2) is 36.6 Å². The van der Waals surface area contributed by atoms with Crippen LogP contribution in [0, 0.1) is 5.82 Å². The second kappa shape index (κ2) is 6.84. The zero-order valence-corrected chi connectivity index (χ0v) is 14.0. The van der Waals surface area contributed by atoms with E-state index in [4.69, 9.17) is 0 Å². The van der Waals surface area contributed by atoms with Gasteiger partial charge < -0.3 is 15.5 Å². The van der Waals surface area contributed by atoms with Crippen molar-refractivity contribution in [2.45, 2.75) is 24.9 Å². The first-order chi connectivity index (χ1) is 12.2. The molecule has 0 saturated carbocycles. The van der Waals surface area contributed by atoms with E-state index in [1.165, 1.54) is 17.7 Å². The third-order valence-electron chi connectivity index (χ3n) is 5.12. The van der Waals surface area contributed by atoms with E-state index in [1.807, 2.05) is 17.0 Å². The molecule has 25 heavy (non-hydrogen) atoms. The molecule has 1 saturated heterocycles. The highest BCUT2D eigenvalue weighted by Gasteiger charge is 2.33. The topological polar surface area (TPSA) is 44.4 Å². The number of hydrogen-bond donors (Lipinski definition) is 2. The third-order valence-corrected chi connectivity index (χ3v) is 5.12. The SMILES string of the molecule is O=C(N[C@@H]1CCNC1)N1CCc2ccccc2[C@@H]1c1ccc(F)cc1. The number of hydrogen-bond acceptors (Lipinski definition) is 2. The van der Waals surface area contributed by atoms with Gasteiger partial charge in [0, 0.05) is 19.1 Å². The van der Waals surface area contributed by atoms with E-state index in [0.717, 1.165) is 37.1 Å². The fourth-order valence-corrected chi connectivity index (χ4v) is 3.83. The minimum atomic E-state index is -0.263. The lowest BCUT2D eigenvalue weighted by molar-refractivity contribution is 0.177. The highest BCUT2D eigenvalue weighted by atomic mass is 19.1. The minimum Gasteiger partial charge on any atom is -0.334 e. The van der Waals surface area contributed by atoms with Gasteiger partial charge in [0.25, 0.3) is 0 Å². The standard InChI is InChI=1S/C20H22FN3O/c21-16-7-5-15(6-8-16)19-18-4-2-1-3-14(18)10-12-24(19)20(25)23-17-9-11-22-13-17/h1-8,17,19,22H,9-13H2,(H,23,25)/t17-,19+/m1/s1. The Morgan fingerprint density at radius 3 is 2.72 bits per heavy atom. The predicted molar refractivity (Wildman–Crippen MR) is 94.9 cm³/mol. The molecule has 0 aliphatic carbocycles. The van der Waals surface area contributed by atoms with E-state index in [0.29, 0.717) is 6.54 Å². The van der Waals surface area contributed by atoms with Gasteiger partial charge in [0.15, 0.2) is 0 Å². The highest BCUT2D eigenvalue weighted by molar-refractivity contribution is 5.76. The van der Waals surface area contributed by atoms with Crippen LogP contribution in [0.15, 0.2) is 48.5 Å². The molecule has 2 N–H and O–H groups in total. The maximum atomic E-state index is 13.4. The molecule has 2 aliphatic rings. The fraction of sp³-hybridized carbons (Fsp3) is 0.350. The Bertz CT molecular complexity index is 756. The average molecular weight is 339 g/mol. The molecule has 2 aromatic rings. The summed E-state index contributed by atoms with van der Waals surface area (Å²) in [7, 11) is 0. The molecule has 0 radical (unpaired) electrons. The van der Waals surface area contributed by atoms with Gasteiger partial charge in [0.05, 0.1) is 6.04 Å². The molecule has 0 spiro atoms. The average Bonchev–Trinajstić information content (AvgIpc) is 3.14. The lowest BCUT2D eigenvalue weighted by atomic mass is 9.88. The second-order valence-electron chi connectivity index (χ2n) is 6.74. The number of fused-ring (bicyclic) bond motifs is 1. The Labute approximate surface area is 147 Å². The van der Waals surface area contributed by atoms with Gasteiger partial charge in [0.1, 0.15) is 5.82 Å². The molecule has 2 amide bonds. The predicted octanol–water partition coefficient (Wildman–Crippen LogP) is 2.84. The summed E-state index contributed by atoms with van der Waals surface area (Å²) in [6, 6.07) is 14.6. The second-order valence-corrected chi connectivity index (χ2v) is 6.74. The van der Waals surface area contributed by atoms with E-state index >= 15 is 0 Å². The Morgan fingerprint density at radius 2 is 1.96 bits per heavy atom. The fourth-order valence-electron chi connectivity index (χ4n) is 3.83. The van der Waals surface area contributed by atoms with Gasteiger partial charge in [-0.2, -0.15) is 0 Å². The summed E-state index contributed by atoms with van der Waals surface area (Å²) in [6.07, 6.45) is 1.79. The number of nitrogens with one attached hydrogen (secondary N) is 2. The first-order valence-electron chi connectivity index (χ1n) is 8.83. The van der Waals surface area contributed by atoms with Crippen molar-refractivity contribution in [3.8, 4) is 0 Å². The Kier molecular flexibility index (Phi) is 4.40. The molecule has 2 aromatic carbocycles. The number of urea groups is 1. The van der Waals surface area contributed by atoms with Crippen molar-refractivity contribution in [1.29, 1.82) is 0 Å². The molecular formula is C20H22FN3O. The van der Waals surface area contributed by atoms with Crippen LogP contribution in [0.2, 0.25) is 0 Å². The Morgan fingerprint density at radius 1 is 1.16 bits per heavy atom. The summed E-state index contributed by atoms with van der Waals surface area (Å²) in [5.41, 5.74) is 3.32. The third kappa shape index (κ3) is 3.24. The minimum absolute atomic E-state index is 0.0440. The summed E-state index contributed by atoms with van der Waals surface area (Å²) in [4.78, 5) is 14.8. The van der Waals surface area contributed by atoms with Crippen LogP contribution in [0.25, 0.3) is 0 Å². The lowest BCUT2D eigenvalue weighted by Gasteiger charge is -2.38. The molecular weight excluding hydrogens is 317 g/mol. The number of rotatable bonds is 2. The number of carbonyl (C=O) groups is 1. The molecule has 5 heteroatoms. The molecule has 0 aromatic heterocycles. The number of amides is 2. The van der Waals surface area contributed by atoms with Crippen LogP contribution in [0.3, 0.4) is 0 Å².